The molecule has 0 unspecified atom stereocenters. The highest BCUT2D eigenvalue weighted by Crippen LogP contribution is 2.18. The molecule has 0 aliphatic heterocycles. The van der Waals surface area contributed by atoms with Gasteiger partial charge in [-0.1, -0.05) is 12.1 Å². The van der Waals surface area contributed by atoms with Crippen LogP contribution in [0.3, 0.4) is 0 Å². The summed E-state index contributed by atoms with van der Waals surface area (Å²) in [6, 6.07) is 8.91. The molecule has 0 spiro atoms. The summed E-state index contributed by atoms with van der Waals surface area (Å²) in [5, 5.41) is 2.63. The van der Waals surface area contributed by atoms with Gasteiger partial charge >= 0.3 is 12.6 Å². The number of nitrogens with one attached hydrogen (secondary N) is 1. The molecule has 0 aliphatic rings. The third-order valence-corrected chi connectivity index (χ3v) is 4.44. The van der Waals surface area contributed by atoms with Crippen LogP contribution >= 0.6 is 11.3 Å². The van der Waals surface area contributed by atoms with Gasteiger partial charge in [0.05, 0.1) is 17.8 Å². The summed E-state index contributed by atoms with van der Waals surface area (Å²) in [5.41, 5.74) is 0.544. The molecule has 0 atom stereocenters. The molecule has 0 saturated heterocycles. The lowest BCUT2D eigenvalue weighted by Gasteiger charge is -2.06. The van der Waals surface area contributed by atoms with Crippen LogP contribution in [-0.4, -0.2) is 30.9 Å². The van der Waals surface area contributed by atoms with Gasteiger partial charge in [0.1, 0.15) is 5.75 Å². The van der Waals surface area contributed by atoms with Crippen LogP contribution in [0.25, 0.3) is 0 Å². The van der Waals surface area contributed by atoms with Crippen molar-refractivity contribution >= 4 is 29.0 Å². The van der Waals surface area contributed by atoms with E-state index in [-0.39, 0.29) is 23.9 Å². The molecule has 1 aromatic carbocycles. The van der Waals surface area contributed by atoms with E-state index in [4.69, 9.17) is 4.74 Å². The Morgan fingerprint density at radius 1 is 1.11 bits per heavy atom. The third kappa shape index (κ3) is 7.14. The number of ketones is 1. The fourth-order valence-corrected chi connectivity index (χ4v) is 2.93. The fraction of sp³-hybridized carbons (Fsp3) is 0.278. The molecule has 0 aliphatic carbocycles. The molecule has 0 radical (unpaired) electrons. The molecule has 0 saturated carbocycles. The topological polar surface area (TPSA) is 81.7 Å². The average molecular weight is 397 g/mol. The van der Waals surface area contributed by atoms with E-state index in [2.05, 4.69) is 10.1 Å². The lowest BCUT2D eigenvalue weighted by molar-refractivity contribution is -0.141. The van der Waals surface area contributed by atoms with Crippen LogP contribution in [0.2, 0.25) is 0 Å². The average Bonchev–Trinajstić information content (AvgIpc) is 3.08. The zero-order valence-corrected chi connectivity index (χ0v) is 15.2. The minimum Gasteiger partial charge on any atom is -0.457 e. The van der Waals surface area contributed by atoms with E-state index in [1.165, 1.54) is 42.5 Å². The zero-order chi connectivity index (χ0) is 19.8. The molecule has 27 heavy (non-hydrogen) atoms. The molecule has 0 fully saturated rings. The maximum Gasteiger partial charge on any atom is 0.387 e. The molecular formula is C18H17F2NO5S. The lowest BCUT2D eigenvalue weighted by atomic mass is 10.1. The van der Waals surface area contributed by atoms with Crippen molar-refractivity contribution in [2.45, 2.75) is 26.5 Å². The SMILES string of the molecule is CC(=O)NCc1ccc(C(=O)COC(=O)Cc2ccc(OC(F)F)cc2)s1. The van der Waals surface area contributed by atoms with Gasteiger partial charge in [-0.25, -0.2) is 0 Å². The molecule has 1 aromatic heterocycles. The quantitative estimate of drug-likeness (QED) is 0.520. The standard InChI is InChI=1S/C18H17F2NO5S/c1-11(22)21-9-14-6-7-16(27-14)15(23)10-25-17(24)8-12-2-4-13(5-3-12)26-18(19)20/h2-7,18H,8-10H2,1H3,(H,21,22). The first-order valence-electron chi connectivity index (χ1n) is 7.89. The van der Waals surface area contributed by atoms with Crippen LogP contribution in [0.4, 0.5) is 8.78 Å². The Kier molecular flexibility index (Phi) is 7.42. The van der Waals surface area contributed by atoms with Crippen LogP contribution < -0.4 is 10.1 Å². The van der Waals surface area contributed by atoms with Crippen LogP contribution in [0.1, 0.15) is 27.0 Å². The van der Waals surface area contributed by atoms with E-state index in [1.807, 2.05) is 0 Å². The van der Waals surface area contributed by atoms with E-state index < -0.39 is 19.2 Å². The van der Waals surface area contributed by atoms with Gasteiger partial charge in [0, 0.05) is 11.8 Å². The van der Waals surface area contributed by atoms with Crippen LogP contribution in [0, 0.1) is 0 Å². The van der Waals surface area contributed by atoms with Crippen molar-refractivity contribution in [2.75, 3.05) is 6.61 Å². The Morgan fingerprint density at radius 2 is 1.81 bits per heavy atom. The number of amides is 1. The number of carbonyl (C=O) groups is 3. The van der Waals surface area contributed by atoms with E-state index in [1.54, 1.807) is 12.1 Å². The van der Waals surface area contributed by atoms with Gasteiger partial charge in [0.25, 0.3) is 0 Å². The van der Waals surface area contributed by atoms with Crippen molar-refractivity contribution in [3.05, 3.63) is 51.7 Å². The summed E-state index contributed by atoms with van der Waals surface area (Å²) in [4.78, 5) is 36.0. The van der Waals surface area contributed by atoms with Gasteiger partial charge in [0.15, 0.2) is 6.61 Å². The summed E-state index contributed by atoms with van der Waals surface area (Å²) >= 11 is 1.21. The predicted molar refractivity (Wildman–Crippen MR) is 93.9 cm³/mol. The maximum absolute atomic E-state index is 12.1. The van der Waals surface area contributed by atoms with Gasteiger partial charge in [-0.2, -0.15) is 8.78 Å². The number of thiophene rings is 1. The third-order valence-electron chi connectivity index (χ3n) is 3.31. The molecule has 6 nitrogen and oxygen atoms in total. The predicted octanol–water partition coefficient (Wildman–Crippen LogP) is 2.95. The van der Waals surface area contributed by atoms with Crippen LogP contribution in [-0.2, 0) is 27.3 Å². The van der Waals surface area contributed by atoms with Gasteiger partial charge in [-0.3, -0.25) is 14.4 Å². The summed E-state index contributed by atoms with van der Waals surface area (Å²) < 4.78 is 33.3. The van der Waals surface area contributed by atoms with Crippen molar-refractivity contribution in [3.8, 4) is 5.75 Å². The lowest BCUT2D eigenvalue weighted by Crippen LogP contribution is -2.18. The van der Waals surface area contributed by atoms with Gasteiger partial charge < -0.3 is 14.8 Å². The monoisotopic (exact) mass is 397 g/mol. The number of Topliss-reactive ketones (excluding diaryl/α,β-unsaturated/α-hetero) is 1. The highest BCUT2D eigenvalue weighted by molar-refractivity contribution is 7.14. The molecule has 144 valence electrons. The van der Waals surface area contributed by atoms with Crippen LogP contribution in [0.5, 0.6) is 5.75 Å². The normalized spacial score (nSPS) is 10.5. The Morgan fingerprint density at radius 3 is 2.44 bits per heavy atom. The summed E-state index contributed by atoms with van der Waals surface area (Å²) in [5.74, 6) is -1.13. The Bertz CT molecular complexity index is 804. The van der Waals surface area contributed by atoms with Crippen molar-refractivity contribution in [1.29, 1.82) is 0 Å². The minimum absolute atomic E-state index is 0.00921. The molecule has 1 N–H and O–H groups in total. The largest absolute Gasteiger partial charge is 0.457 e. The number of esters is 1. The molecule has 2 rings (SSSR count). The molecule has 0 bridgehead atoms. The molecular weight excluding hydrogens is 380 g/mol. The highest BCUT2D eigenvalue weighted by Gasteiger charge is 2.13. The van der Waals surface area contributed by atoms with Crippen LogP contribution in [0.15, 0.2) is 36.4 Å². The molecule has 1 heterocycles. The number of rotatable bonds is 9. The number of alkyl halides is 2. The molecule has 2 aromatic rings. The summed E-state index contributed by atoms with van der Waals surface area (Å²) in [6.07, 6.45) is -0.0968. The Labute approximate surface area is 158 Å². The van der Waals surface area contributed by atoms with E-state index in [0.717, 1.165) is 4.88 Å². The molecule has 1 amide bonds. The molecule has 9 heteroatoms. The van der Waals surface area contributed by atoms with E-state index in [0.29, 0.717) is 17.0 Å². The first-order valence-corrected chi connectivity index (χ1v) is 8.71. The summed E-state index contributed by atoms with van der Waals surface area (Å²) in [7, 11) is 0. The van der Waals surface area contributed by atoms with Crippen molar-refractivity contribution in [1.82, 2.24) is 5.32 Å². The number of hydrogen-bond acceptors (Lipinski definition) is 6. The second-order valence-corrected chi connectivity index (χ2v) is 6.63. The fourth-order valence-electron chi connectivity index (χ4n) is 2.06. The zero-order valence-electron chi connectivity index (χ0n) is 14.4. The second-order valence-electron chi connectivity index (χ2n) is 5.46. The van der Waals surface area contributed by atoms with Crippen molar-refractivity contribution in [2.24, 2.45) is 0 Å². The smallest absolute Gasteiger partial charge is 0.387 e. The van der Waals surface area contributed by atoms with Gasteiger partial charge in [-0.15, -0.1) is 11.3 Å². The second kappa shape index (κ2) is 9.77. The van der Waals surface area contributed by atoms with Crippen molar-refractivity contribution in [3.63, 3.8) is 0 Å². The first-order chi connectivity index (χ1) is 12.8. The number of halogens is 2. The first kappa shape index (κ1) is 20.5. The van der Waals surface area contributed by atoms with Crippen molar-refractivity contribution < 1.29 is 32.6 Å². The number of hydrogen-bond donors (Lipinski definition) is 1. The van der Waals surface area contributed by atoms with Gasteiger partial charge in [-0.05, 0) is 29.8 Å². The Balaban J connectivity index is 1.79. The summed E-state index contributed by atoms with van der Waals surface area (Å²) in [6.45, 7) is -1.58. The van der Waals surface area contributed by atoms with E-state index in [9.17, 15) is 23.2 Å². The Hall–Kier alpha value is -2.81. The highest BCUT2D eigenvalue weighted by atomic mass is 32.1. The minimum atomic E-state index is -2.91. The van der Waals surface area contributed by atoms with E-state index >= 15 is 0 Å². The number of ether oxygens (including phenoxy) is 2. The van der Waals surface area contributed by atoms with Gasteiger partial charge in [0.2, 0.25) is 11.7 Å². The number of benzene rings is 1. The number of carbonyl (C=O) groups excluding carboxylic acids is 3. The maximum atomic E-state index is 12.1.